The summed E-state index contributed by atoms with van der Waals surface area (Å²) in [6, 6.07) is 0. The molecule has 0 bridgehead atoms. The van der Waals surface area contributed by atoms with Gasteiger partial charge in [-0.2, -0.15) is 0 Å². The Hall–Kier alpha value is -0.830. The molecule has 1 aromatic rings. The van der Waals surface area contributed by atoms with Crippen LogP contribution in [-0.4, -0.2) is 21.3 Å². The summed E-state index contributed by atoms with van der Waals surface area (Å²) in [4.78, 5) is 4.47. The standard InChI is InChI=1S/C24H46N2O/c1-3-4-5-6-7-8-9-10-11-12-13-14-15-16-17-18-23(2)24-25-19-20-26(24)21-22-27/h19-20,23,27H,3-18,21-22H2,1-2H3. The predicted molar refractivity (Wildman–Crippen MR) is 117 cm³/mol. The molecule has 1 rings (SSSR count). The van der Waals surface area contributed by atoms with Crippen molar-refractivity contribution in [3.63, 3.8) is 0 Å². The maximum Gasteiger partial charge on any atom is 0.111 e. The van der Waals surface area contributed by atoms with E-state index in [1.54, 1.807) is 0 Å². The van der Waals surface area contributed by atoms with Crippen LogP contribution in [0, 0.1) is 0 Å². The minimum absolute atomic E-state index is 0.190. The summed E-state index contributed by atoms with van der Waals surface area (Å²) in [5.41, 5.74) is 0. The van der Waals surface area contributed by atoms with Crippen molar-refractivity contribution in [2.45, 2.75) is 129 Å². The summed E-state index contributed by atoms with van der Waals surface area (Å²) < 4.78 is 2.09. The first-order valence-corrected chi connectivity index (χ1v) is 11.9. The molecule has 3 nitrogen and oxygen atoms in total. The molecule has 1 unspecified atom stereocenters. The fraction of sp³-hybridized carbons (Fsp3) is 0.875. The smallest absolute Gasteiger partial charge is 0.111 e. The van der Waals surface area contributed by atoms with E-state index < -0.39 is 0 Å². The van der Waals surface area contributed by atoms with Gasteiger partial charge in [0.1, 0.15) is 5.82 Å². The Bertz CT molecular complexity index is 430. The molecule has 0 saturated carbocycles. The van der Waals surface area contributed by atoms with E-state index in [1.165, 1.54) is 103 Å². The van der Waals surface area contributed by atoms with Crippen LogP contribution in [0.15, 0.2) is 12.4 Å². The molecule has 0 radical (unpaired) electrons. The molecule has 1 atom stereocenters. The zero-order valence-electron chi connectivity index (χ0n) is 18.3. The van der Waals surface area contributed by atoms with Crippen molar-refractivity contribution in [2.75, 3.05) is 6.61 Å². The minimum Gasteiger partial charge on any atom is -0.395 e. The van der Waals surface area contributed by atoms with E-state index >= 15 is 0 Å². The normalized spacial score (nSPS) is 12.6. The molecule has 0 amide bonds. The number of aliphatic hydroxyl groups is 1. The van der Waals surface area contributed by atoms with Gasteiger partial charge in [0.25, 0.3) is 0 Å². The minimum atomic E-state index is 0.190. The lowest BCUT2D eigenvalue weighted by Crippen LogP contribution is -2.09. The Labute approximate surface area is 169 Å². The molecule has 0 fully saturated rings. The van der Waals surface area contributed by atoms with Gasteiger partial charge in [-0.25, -0.2) is 4.98 Å². The fourth-order valence-electron chi connectivity index (χ4n) is 4.00. The van der Waals surface area contributed by atoms with Crippen molar-refractivity contribution in [1.82, 2.24) is 9.55 Å². The molecule has 0 saturated heterocycles. The van der Waals surface area contributed by atoms with Gasteiger partial charge in [-0.05, 0) is 6.42 Å². The lowest BCUT2D eigenvalue weighted by atomic mass is 10.0. The zero-order valence-corrected chi connectivity index (χ0v) is 18.3. The van der Waals surface area contributed by atoms with Crippen LogP contribution in [0.1, 0.15) is 128 Å². The monoisotopic (exact) mass is 378 g/mol. The van der Waals surface area contributed by atoms with Gasteiger partial charge >= 0.3 is 0 Å². The molecule has 3 heteroatoms. The third-order valence-electron chi connectivity index (χ3n) is 5.77. The number of unbranched alkanes of at least 4 members (excludes halogenated alkanes) is 14. The number of hydrogen-bond donors (Lipinski definition) is 1. The molecular formula is C24H46N2O. The summed E-state index contributed by atoms with van der Waals surface area (Å²) in [6.07, 6.45) is 26.3. The third-order valence-corrected chi connectivity index (χ3v) is 5.77. The Morgan fingerprint density at radius 2 is 1.30 bits per heavy atom. The molecule has 27 heavy (non-hydrogen) atoms. The zero-order chi connectivity index (χ0) is 19.6. The molecule has 0 spiro atoms. The molecule has 1 N–H and O–H groups in total. The van der Waals surface area contributed by atoms with E-state index in [0.29, 0.717) is 12.5 Å². The van der Waals surface area contributed by atoms with Gasteiger partial charge in [-0.1, -0.05) is 110 Å². The van der Waals surface area contributed by atoms with E-state index in [9.17, 15) is 0 Å². The molecule has 0 aliphatic heterocycles. The van der Waals surface area contributed by atoms with Crippen molar-refractivity contribution in [2.24, 2.45) is 0 Å². The third kappa shape index (κ3) is 12.3. The SMILES string of the molecule is CCCCCCCCCCCCCCCCCC(C)c1nccn1CCO. The quantitative estimate of drug-likeness (QED) is 0.258. The number of rotatable bonds is 19. The fourth-order valence-corrected chi connectivity index (χ4v) is 4.00. The van der Waals surface area contributed by atoms with Crippen LogP contribution in [0.5, 0.6) is 0 Å². The second kappa shape index (κ2) is 17.3. The predicted octanol–water partition coefficient (Wildman–Crippen LogP) is 7.24. The first kappa shape index (κ1) is 24.2. The van der Waals surface area contributed by atoms with Gasteiger partial charge in [0, 0.05) is 24.9 Å². The number of imidazole rings is 1. The van der Waals surface area contributed by atoms with Crippen LogP contribution in [0.3, 0.4) is 0 Å². The maximum atomic E-state index is 9.11. The average Bonchev–Trinajstić information content (AvgIpc) is 3.13. The van der Waals surface area contributed by atoms with Crippen LogP contribution < -0.4 is 0 Å². The van der Waals surface area contributed by atoms with Gasteiger partial charge in [-0.15, -0.1) is 0 Å². The van der Waals surface area contributed by atoms with Gasteiger partial charge in [-0.3, -0.25) is 0 Å². The van der Waals surface area contributed by atoms with Crippen LogP contribution in [-0.2, 0) is 6.54 Å². The summed E-state index contributed by atoms with van der Waals surface area (Å²) >= 11 is 0. The van der Waals surface area contributed by atoms with Gasteiger partial charge in [0.05, 0.1) is 6.61 Å². The Kier molecular flexibility index (Phi) is 15.5. The van der Waals surface area contributed by atoms with Crippen molar-refractivity contribution in [3.8, 4) is 0 Å². The molecule has 0 aliphatic carbocycles. The molecule has 1 heterocycles. The summed E-state index contributed by atoms with van der Waals surface area (Å²) in [7, 11) is 0. The Balaban J connectivity index is 1.85. The lowest BCUT2D eigenvalue weighted by Gasteiger charge is -2.13. The van der Waals surface area contributed by atoms with Crippen LogP contribution in [0.2, 0.25) is 0 Å². The Morgan fingerprint density at radius 1 is 0.815 bits per heavy atom. The van der Waals surface area contributed by atoms with Crippen molar-refractivity contribution in [3.05, 3.63) is 18.2 Å². The van der Waals surface area contributed by atoms with Crippen LogP contribution in [0.4, 0.5) is 0 Å². The number of aromatic nitrogens is 2. The summed E-state index contributed by atoms with van der Waals surface area (Å²) in [5, 5.41) is 9.11. The van der Waals surface area contributed by atoms with Gasteiger partial charge in [0.2, 0.25) is 0 Å². The van der Waals surface area contributed by atoms with Crippen LogP contribution >= 0.6 is 0 Å². The highest BCUT2D eigenvalue weighted by Crippen LogP contribution is 2.21. The number of nitrogens with zero attached hydrogens (tertiary/aromatic N) is 2. The van der Waals surface area contributed by atoms with Gasteiger partial charge < -0.3 is 9.67 Å². The summed E-state index contributed by atoms with van der Waals surface area (Å²) in [6.45, 7) is 5.41. The highest BCUT2D eigenvalue weighted by molar-refractivity contribution is 4.98. The van der Waals surface area contributed by atoms with E-state index in [1.807, 2.05) is 12.4 Å². The van der Waals surface area contributed by atoms with Crippen molar-refractivity contribution < 1.29 is 5.11 Å². The number of hydrogen-bond acceptors (Lipinski definition) is 2. The second-order valence-electron chi connectivity index (χ2n) is 8.34. The van der Waals surface area contributed by atoms with Crippen molar-refractivity contribution >= 4 is 0 Å². The first-order chi connectivity index (χ1) is 13.3. The molecular weight excluding hydrogens is 332 g/mol. The largest absolute Gasteiger partial charge is 0.395 e. The van der Waals surface area contributed by atoms with E-state index in [-0.39, 0.29) is 6.61 Å². The highest BCUT2D eigenvalue weighted by atomic mass is 16.3. The second-order valence-corrected chi connectivity index (χ2v) is 8.34. The molecule has 0 aromatic carbocycles. The Morgan fingerprint density at radius 3 is 1.78 bits per heavy atom. The topological polar surface area (TPSA) is 38.0 Å². The van der Waals surface area contributed by atoms with Crippen molar-refractivity contribution in [1.29, 1.82) is 0 Å². The summed E-state index contributed by atoms with van der Waals surface area (Å²) in [5.74, 6) is 1.63. The van der Waals surface area contributed by atoms with Crippen LogP contribution in [0.25, 0.3) is 0 Å². The van der Waals surface area contributed by atoms with E-state index in [2.05, 4.69) is 23.4 Å². The first-order valence-electron chi connectivity index (χ1n) is 11.9. The molecule has 0 aliphatic rings. The lowest BCUT2D eigenvalue weighted by molar-refractivity contribution is 0.273. The average molecular weight is 379 g/mol. The molecule has 1 aromatic heterocycles. The van der Waals surface area contributed by atoms with E-state index in [4.69, 9.17) is 5.11 Å². The van der Waals surface area contributed by atoms with Gasteiger partial charge in [0.15, 0.2) is 0 Å². The highest BCUT2D eigenvalue weighted by Gasteiger charge is 2.11. The van der Waals surface area contributed by atoms with E-state index in [0.717, 1.165) is 5.82 Å². The maximum absolute atomic E-state index is 9.11. The number of aliphatic hydroxyl groups excluding tert-OH is 1. The molecule has 158 valence electrons.